The van der Waals surface area contributed by atoms with Crippen molar-refractivity contribution in [1.29, 1.82) is 0 Å². The van der Waals surface area contributed by atoms with Crippen LogP contribution in [0.15, 0.2) is 36.9 Å². The van der Waals surface area contributed by atoms with Crippen LogP contribution >= 0.6 is 11.6 Å². The van der Waals surface area contributed by atoms with Gasteiger partial charge in [0, 0.05) is 5.02 Å². The molecule has 0 unspecified atom stereocenters. The zero-order chi connectivity index (χ0) is 13.0. The van der Waals surface area contributed by atoms with Gasteiger partial charge in [-0.1, -0.05) is 49.6 Å². The largest absolute Gasteiger partial charge is 0.343 e. The van der Waals surface area contributed by atoms with Crippen molar-refractivity contribution in [2.75, 3.05) is 0 Å². The van der Waals surface area contributed by atoms with Gasteiger partial charge in [0.25, 0.3) is 0 Å². The normalized spacial score (nSPS) is 18.1. The highest BCUT2D eigenvalue weighted by atomic mass is 35.5. The van der Waals surface area contributed by atoms with Gasteiger partial charge in [0.15, 0.2) is 0 Å². The number of hydrogen-bond donors (Lipinski definition) is 1. The number of halogens is 1. The Hall–Kier alpha value is -1.28. The molecule has 0 bridgehead atoms. The average Bonchev–Trinajstić information content (AvgIpc) is 2.40. The van der Waals surface area contributed by atoms with E-state index in [0.717, 1.165) is 36.3 Å². The summed E-state index contributed by atoms with van der Waals surface area (Å²) in [5, 5.41) is 3.84. The van der Waals surface area contributed by atoms with Crippen LogP contribution < -0.4 is 5.32 Å². The molecule has 0 heterocycles. The summed E-state index contributed by atoms with van der Waals surface area (Å²) in [6, 6.07) is 7.79. The van der Waals surface area contributed by atoms with Gasteiger partial charge in [-0.25, -0.2) is 0 Å². The zero-order valence-electron chi connectivity index (χ0n) is 10.4. The standard InChI is InChI=1S/C15H18ClNO/c1-2-14(18)17-15(10-4-3-5-11-15)12-6-8-13(16)9-7-12/h2,6-9H,1,3-5,10-11H2,(H,17,18). The highest BCUT2D eigenvalue weighted by molar-refractivity contribution is 6.30. The second-order valence-corrected chi connectivity index (χ2v) is 5.28. The fourth-order valence-electron chi connectivity index (χ4n) is 2.70. The first-order valence-corrected chi connectivity index (χ1v) is 6.75. The molecular formula is C15H18ClNO. The van der Waals surface area contributed by atoms with Crippen LogP contribution in [-0.4, -0.2) is 5.91 Å². The molecule has 0 atom stereocenters. The zero-order valence-corrected chi connectivity index (χ0v) is 11.2. The van der Waals surface area contributed by atoms with Crippen LogP contribution in [0.1, 0.15) is 37.7 Å². The van der Waals surface area contributed by atoms with Gasteiger partial charge in [-0.2, -0.15) is 0 Å². The van der Waals surface area contributed by atoms with Crippen LogP contribution in [0.2, 0.25) is 5.02 Å². The Morgan fingerprint density at radius 3 is 2.39 bits per heavy atom. The van der Waals surface area contributed by atoms with Gasteiger partial charge in [-0.3, -0.25) is 4.79 Å². The first-order chi connectivity index (χ1) is 8.66. The molecule has 1 aliphatic rings. The molecule has 1 saturated carbocycles. The number of amides is 1. The van der Waals surface area contributed by atoms with Gasteiger partial charge in [0.05, 0.1) is 5.54 Å². The van der Waals surface area contributed by atoms with Crippen molar-refractivity contribution < 1.29 is 4.79 Å². The van der Waals surface area contributed by atoms with E-state index in [1.807, 2.05) is 24.3 Å². The number of rotatable bonds is 3. The first-order valence-electron chi connectivity index (χ1n) is 6.37. The van der Waals surface area contributed by atoms with Gasteiger partial charge in [0.2, 0.25) is 5.91 Å². The SMILES string of the molecule is C=CC(=O)NC1(c2ccc(Cl)cc2)CCCCC1. The summed E-state index contributed by atoms with van der Waals surface area (Å²) in [6.07, 6.45) is 6.81. The molecule has 1 aromatic rings. The molecular weight excluding hydrogens is 246 g/mol. The third kappa shape index (κ3) is 2.75. The maximum atomic E-state index is 11.7. The minimum atomic E-state index is -0.242. The molecule has 1 fully saturated rings. The minimum absolute atomic E-state index is 0.105. The molecule has 1 aromatic carbocycles. The van der Waals surface area contributed by atoms with Crippen LogP contribution in [0.5, 0.6) is 0 Å². The molecule has 96 valence electrons. The van der Waals surface area contributed by atoms with Crippen LogP contribution in [0.3, 0.4) is 0 Å². The molecule has 18 heavy (non-hydrogen) atoms. The number of carbonyl (C=O) groups is 1. The lowest BCUT2D eigenvalue weighted by Gasteiger charge is -2.38. The third-order valence-corrected chi connectivity index (χ3v) is 3.90. The monoisotopic (exact) mass is 263 g/mol. The first kappa shape index (κ1) is 13.2. The van der Waals surface area contributed by atoms with Crippen molar-refractivity contribution >= 4 is 17.5 Å². The lowest BCUT2D eigenvalue weighted by molar-refractivity contribution is -0.118. The van der Waals surface area contributed by atoms with E-state index >= 15 is 0 Å². The molecule has 2 nitrogen and oxygen atoms in total. The van der Waals surface area contributed by atoms with Crippen molar-refractivity contribution in [2.45, 2.75) is 37.6 Å². The van der Waals surface area contributed by atoms with Gasteiger partial charge in [0.1, 0.15) is 0 Å². The van der Waals surface area contributed by atoms with E-state index in [2.05, 4.69) is 11.9 Å². The summed E-state index contributed by atoms with van der Waals surface area (Å²) >= 11 is 5.93. The van der Waals surface area contributed by atoms with Gasteiger partial charge < -0.3 is 5.32 Å². The second kappa shape index (κ2) is 5.57. The van der Waals surface area contributed by atoms with Crippen LogP contribution in [0, 0.1) is 0 Å². The molecule has 2 rings (SSSR count). The Morgan fingerprint density at radius 2 is 1.83 bits per heavy atom. The smallest absolute Gasteiger partial charge is 0.244 e. The van der Waals surface area contributed by atoms with E-state index in [9.17, 15) is 4.79 Å². The summed E-state index contributed by atoms with van der Waals surface area (Å²) in [6.45, 7) is 3.53. The highest BCUT2D eigenvalue weighted by Gasteiger charge is 2.34. The third-order valence-electron chi connectivity index (χ3n) is 3.65. The van der Waals surface area contributed by atoms with E-state index in [0.29, 0.717) is 0 Å². The number of nitrogens with one attached hydrogen (secondary N) is 1. The van der Waals surface area contributed by atoms with Gasteiger partial charge in [-0.15, -0.1) is 0 Å². The van der Waals surface area contributed by atoms with E-state index in [-0.39, 0.29) is 11.4 Å². The van der Waals surface area contributed by atoms with Crippen molar-refractivity contribution in [3.8, 4) is 0 Å². The molecule has 1 amide bonds. The summed E-state index contributed by atoms with van der Waals surface area (Å²) in [4.78, 5) is 11.7. The fourth-order valence-corrected chi connectivity index (χ4v) is 2.82. The van der Waals surface area contributed by atoms with Crippen molar-refractivity contribution in [3.05, 3.63) is 47.5 Å². The van der Waals surface area contributed by atoms with Crippen molar-refractivity contribution in [3.63, 3.8) is 0 Å². The Morgan fingerprint density at radius 1 is 1.22 bits per heavy atom. The fraction of sp³-hybridized carbons (Fsp3) is 0.400. The molecule has 0 aromatic heterocycles. The summed E-state index contributed by atoms with van der Waals surface area (Å²) < 4.78 is 0. The lowest BCUT2D eigenvalue weighted by atomic mass is 9.76. The molecule has 0 aliphatic heterocycles. The van der Waals surface area contributed by atoms with Crippen molar-refractivity contribution in [1.82, 2.24) is 5.32 Å². The van der Waals surface area contributed by atoms with E-state index in [4.69, 9.17) is 11.6 Å². The summed E-state index contributed by atoms with van der Waals surface area (Å²) in [7, 11) is 0. The van der Waals surface area contributed by atoms with E-state index < -0.39 is 0 Å². The van der Waals surface area contributed by atoms with Crippen LogP contribution in [-0.2, 0) is 10.3 Å². The maximum absolute atomic E-state index is 11.7. The Balaban J connectivity index is 2.31. The molecule has 0 saturated heterocycles. The van der Waals surface area contributed by atoms with Crippen LogP contribution in [0.4, 0.5) is 0 Å². The molecule has 1 N–H and O–H groups in total. The topological polar surface area (TPSA) is 29.1 Å². The molecule has 1 aliphatic carbocycles. The average molecular weight is 264 g/mol. The van der Waals surface area contributed by atoms with Crippen molar-refractivity contribution in [2.24, 2.45) is 0 Å². The Bertz CT molecular complexity index is 432. The molecule has 0 spiro atoms. The highest BCUT2D eigenvalue weighted by Crippen LogP contribution is 2.37. The molecule has 3 heteroatoms. The van der Waals surface area contributed by atoms with Gasteiger partial charge >= 0.3 is 0 Å². The van der Waals surface area contributed by atoms with E-state index in [1.165, 1.54) is 12.5 Å². The Labute approximate surface area is 113 Å². The minimum Gasteiger partial charge on any atom is -0.343 e. The summed E-state index contributed by atoms with van der Waals surface area (Å²) in [5.41, 5.74) is 0.899. The van der Waals surface area contributed by atoms with Gasteiger partial charge in [-0.05, 0) is 36.6 Å². The second-order valence-electron chi connectivity index (χ2n) is 4.84. The quantitative estimate of drug-likeness (QED) is 0.826. The maximum Gasteiger partial charge on any atom is 0.244 e. The predicted molar refractivity (Wildman–Crippen MR) is 74.6 cm³/mol. The molecule has 0 radical (unpaired) electrons. The number of benzene rings is 1. The van der Waals surface area contributed by atoms with E-state index in [1.54, 1.807) is 0 Å². The number of hydrogen-bond acceptors (Lipinski definition) is 1. The predicted octanol–water partition coefficient (Wildman–Crippen LogP) is 3.80. The lowest BCUT2D eigenvalue weighted by Crippen LogP contribution is -2.46. The Kier molecular flexibility index (Phi) is 4.07. The summed E-state index contributed by atoms with van der Waals surface area (Å²) in [5.74, 6) is -0.105. The van der Waals surface area contributed by atoms with Crippen LogP contribution in [0.25, 0.3) is 0 Å². The number of carbonyl (C=O) groups excluding carboxylic acids is 1.